The summed E-state index contributed by atoms with van der Waals surface area (Å²) in [6.07, 6.45) is 2.47. The van der Waals surface area contributed by atoms with Gasteiger partial charge in [0.2, 0.25) is 5.91 Å². The van der Waals surface area contributed by atoms with Crippen LogP contribution in [0.1, 0.15) is 36.5 Å². The molecule has 1 aliphatic heterocycles. The van der Waals surface area contributed by atoms with Crippen LogP contribution < -0.4 is 10.6 Å². The van der Waals surface area contributed by atoms with Crippen molar-refractivity contribution in [2.45, 2.75) is 38.3 Å². The second-order valence-corrected chi connectivity index (χ2v) is 5.38. The molecule has 1 heterocycles. The zero-order valence-electron chi connectivity index (χ0n) is 12.3. The normalized spacial score (nSPS) is 19.0. The summed E-state index contributed by atoms with van der Waals surface area (Å²) in [5, 5.41) is 5.68. The first-order valence-electron chi connectivity index (χ1n) is 7.39. The van der Waals surface area contributed by atoms with E-state index in [1.807, 2.05) is 25.1 Å². The molecule has 1 fully saturated rings. The lowest BCUT2D eigenvalue weighted by Gasteiger charge is -2.15. The Bertz CT molecular complexity index is 470. The predicted molar refractivity (Wildman–Crippen MR) is 80.0 cm³/mol. The Kier molecular flexibility index (Phi) is 5.75. The number of hydrogen-bond acceptors (Lipinski definition) is 3. The summed E-state index contributed by atoms with van der Waals surface area (Å²) < 4.78 is 5.45. The van der Waals surface area contributed by atoms with Crippen molar-refractivity contribution < 1.29 is 14.3 Å². The second-order valence-electron chi connectivity index (χ2n) is 5.38. The third-order valence-corrected chi connectivity index (χ3v) is 3.46. The van der Waals surface area contributed by atoms with Gasteiger partial charge in [-0.2, -0.15) is 0 Å². The molecule has 5 heteroatoms. The van der Waals surface area contributed by atoms with Crippen LogP contribution in [0, 0.1) is 0 Å². The van der Waals surface area contributed by atoms with Crippen LogP contribution in [0.5, 0.6) is 0 Å². The Morgan fingerprint density at radius 3 is 2.76 bits per heavy atom. The molecule has 0 spiro atoms. The molecule has 0 bridgehead atoms. The van der Waals surface area contributed by atoms with Crippen molar-refractivity contribution in [2.75, 3.05) is 13.2 Å². The third kappa shape index (κ3) is 5.19. The van der Waals surface area contributed by atoms with Crippen LogP contribution in [0.25, 0.3) is 0 Å². The number of hydrogen-bond donors (Lipinski definition) is 2. The SMILES string of the molecule is CC(CC(=O)NCC1CCCO1)NC(=O)c1ccccc1. The zero-order chi connectivity index (χ0) is 15.1. The van der Waals surface area contributed by atoms with Gasteiger partial charge in [-0.15, -0.1) is 0 Å². The highest BCUT2D eigenvalue weighted by molar-refractivity contribution is 5.94. The fourth-order valence-electron chi connectivity index (χ4n) is 2.33. The van der Waals surface area contributed by atoms with Gasteiger partial charge < -0.3 is 15.4 Å². The summed E-state index contributed by atoms with van der Waals surface area (Å²) in [6, 6.07) is 8.78. The van der Waals surface area contributed by atoms with E-state index in [1.54, 1.807) is 12.1 Å². The summed E-state index contributed by atoms with van der Waals surface area (Å²) in [4.78, 5) is 23.8. The van der Waals surface area contributed by atoms with E-state index in [0.29, 0.717) is 12.1 Å². The Balaban J connectivity index is 1.69. The highest BCUT2D eigenvalue weighted by Gasteiger charge is 2.17. The maximum atomic E-state index is 11.9. The third-order valence-electron chi connectivity index (χ3n) is 3.46. The monoisotopic (exact) mass is 290 g/mol. The van der Waals surface area contributed by atoms with Crippen LogP contribution in [-0.4, -0.2) is 37.1 Å². The lowest BCUT2D eigenvalue weighted by molar-refractivity contribution is -0.121. The average molecular weight is 290 g/mol. The highest BCUT2D eigenvalue weighted by Crippen LogP contribution is 2.10. The number of carbonyl (C=O) groups excluding carboxylic acids is 2. The topological polar surface area (TPSA) is 67.4 Å². The maximum Gasteiger partial charge on any atom is 0.251 e. The fraction of sp³-hybridized carbons (Fsp3) is 0.500. The van der Waals surface area contributed by atoms with Crippen LogP contribution in [0.2, 0.25) is 0 Å². The van der Waals surface area contributed by atoms with E-state index in [4.69, 9.17) is 4.74 Å². The average Bonchev–Trinajstić information content (AvgIpc) is 2.99. The maximum absolute atomic E-state index is 11.9. The molecule has 2 unspecified atom stereocenters. The molecule has 2 rings (SSSR count). The molecule has 21 heavy (non-hydrogen) atoms. The lowest BCUT2D eigenvalue weighted by atomic mass is 10.1. The fourth-order valence-corrected chi connectivity index (χ4v) is 2.33. The molecule has 2 amide bonds. The Hall–Kier alpha value is -1.88. The number of ether oxygens (including phenoxy) is 1. The van der Waals surface area contributed by atoms with Crippen LogP contribution >= 0.6 is 0 Å². The Morgan fingerprint density at radius 1 is 1.33 bits per heavy atom. The standard InChI is InChI=1S/C16H22N2O3/c1-12(18-16(20)13-6-3-2-4-7-13)10-15(19)17-11-14-8-5-9-21-14/h2-4,6-7,12,14H,5,8-11H2,1H3,(H,17,19)(H,18,20). The lowest BCUT2D eigenvalue weighted by Crippen LogP contribution is -2.39. The van der Waals surface area contributed by atoms with E-state index in [9.17, 15) is 9.59 Å². The molecule has 0 radical (unpaired) electrons. The first-order valence-corrected chi connectivity index (χ1v) is 7.39. The summed E-state index contributed by atoms with van der Waals surface area (Å²) >= 11 is 0. The smallest absolute Gasteiger partial charge is 0.251 e. The Morgan fingerprint density at radius 2 is 2.10 bits per heavy atom. The minimum Gasteiger partial charge on any atom is -0.376 e. The van der Waals surface area contributed by atoms with Crippen LogP contribution in [0.4, 0.5) is 0 Å². The number of amides is 2. The van der Waals surface area contributed by atoms with E-state index < -0.39 is 0 Å². The summed E-state index contributed by atoms with van der Waals surface area (Å²) in [6.45, 7) is 3.16. The van der Waals surface area contributed by atoms with Gasteiger partial charge in [-0.05, 0) is 31.9 Å². The molecular weight excluding hydrogens is 268 g/mol. The number of rotatable bonds is 6. The molecule has 2 N–H and O–H groups in total. The predicted octanol–water partition coefficient (Wildman–Crippen LogP) is 1.49. The molecular formula is C16H22N2O3. The van der Waals surface area contributed by atoms with Gasteiger partial charge in [-0.3, -0.25) is 9.59 Å². The van der Waals surface area contributed by atoms with E-state index in [2.05, 4.69) is 10.6 Å². The van der Waals surface area contributed by atoms with Gasteiger partial charge in [0.15, 0.2) is 0 Å². The van der Waals surface area contributed by atoms with E-state index in [1.165, 1.54) is 0 Å². The van der Waals surface area contributed by atoms with Gasteiger partial charge in [0.25, 0.3) is 5.91 Å². The molecule has 1 aromatic carbocycles. The molecule has 0 aliphatic carbocycles. The van der Waals surface area contributed by atoms with Crippen LogP contribution in [0.15, 0.2) is 30.3 Å². The molecule has 114 valence electrons. The van der Waals surface area contributed by atoms with Crippen LogP contribution in [0.3, 0.4) is 0 Å². The summed E-state index contributed by atoms with van der Waals surface area (Å²) in [5.41, 5.74) is 0.601. The van der Waals surface area contributed by atoms with Gasteiger partial charge in [-0.25, -0.2) is 0 Å². The minimum atomic E-state index is -0.206. The quantitative estimate of drug-likeness (QED) is 0.834. The molecule has 2 atom stereocenters. The van der Waals surface area contributed by atoms with Crippen molar-refractivity contribution in [1.29, 1.82) is 0 Å². The number of benzene rings is 1. The van der Waals surface area contributed by atoms with E-state index in [-0.39, 0.29) is 30.4 Å². The van der Waals surface area contributed by atoms with Crippen molar-refractivity contribution in [3.8, 4) is 0 Å². The first kappa shape index (κ1) is 15.5. The van der Waals surface area contributed by atoms with Crippen LogP contribution in [-0.2, 0) is 9.53 Å². The largest absolute Gasteiger partial charge is 0.376 e. The van der Waals surface area contributed by atoms with Crippen molar-refractivity contribution in [3.63, 3.8) is 0 Å². The van der Waals surface area contributed by atoms with E-state index >= 15 is 0 Å². The van der Waals surface area contributed by atoms with Gasteiger partial charge in [0.1, 0.15) is 0 Å². The zero-order valence-corrected chi connectivity index (χ0v) is 12.3. The minimum absolute atomic E-state index is 0.0636. The van der Waals surface area contributed by atoms with Gasteiger partial charge in [0, 0.05) is 31.2 Å². The molecule has 5 nitrogen and oxygen atoms in total. The first-order chi connectivity index (χ1) is 10.1. The molecule has 1 aromatic rings. The van der Waals surface area contributed by atoms with Gasteiger partial charge in [0.05, 0.1) is 6.10 Å². The van der Waals surface area contributed by atoms with Gasteiger partial charge >= 0.3 is 0 Å². The summed E-state index contributed by atoms with van der Waals surface area (Å²) in [7, 11) is 0. The van der Waals surface area contributed by atoms with Crippen molar-refractivity contribution in [2.24, 2.45) is 0 Å². The highest BCUT2D eigenvalue weighted by atomic mass is 16.5. The molecule has 0 aromatic heterocycles. The molecule has 0 saturated carbocycles. The summed E-state index contributed by atoms with van der Waals surface area (Å²) in [5.74, 6) is -0.221. The van der Waals surface area contributed by atoms with Crippen molar-refractivity contribution >= 4 is 11.8 Å². The van der Waals surface area contributed by atoms with E-state index in [0.717, 1.165) is 19.4 Å². The van der Waals surface area contributed by atoms with Gasteiger partial charge in [-0.1, -0.05) is 18.2 Å². The molecule has 1 aliphatic rings. The second kappa shape index (κ2) is 7.78. The Labute approximate surface area is 125 Å². The number of carbonyl (C=O) groups is 2. The number of nitrogens with one attached hydrogen (secondary N) is 2. The molecule has 1 saturated heterocycles. The van der Waals surface area contributed by atoms with Crippen molar-refractivity contribution in [1.82, 2.24) is 10.6 Å². The van der Waals surface area contributed by atoms with Crippen molar-refractivity contribution in [3.05, 3.63) is 35.9 Å².